The number of carboxylic acids is 2. The van der Waals surface area contributed by atoms with E-state index in [2.05, 4.69) is 9.80 Å². The van der Waals surface area contributed by atoms with Crippen molar-refractivity contribution in [1.82, 2.24) is 9.80 Å². The molecule has 3 saturated carbocycles. The van der Waals surface area contributed by atoms with Gasteiger partial charge in [0.05, 0.1) is 0 Å². The number of aliphatic carboxylic acids is 2. The lowest BCUT2D eigenvalue weighted by Gasteiger charge is -2.60. The van der Waals surface area contributed by atoms with E-state index in [0.717, 1.165) is 29.1 Å². The van der Waals surface area contributed by atoms with Crippen LogP contribution in [0.1, 0.15) is 57.8 Å². The van der Waals surface area contributed by atoms with Crippen LogP contribution in [-0.4, -0.2) is 71.2 Å². The molecule has 0 unspecified atom stereocenters. The van der Waals surface area contributed by atoms with Gasteiger partial charge in [-0.05, 0) is 67.6 Å². The van der Waals surface area contributed by atoms with Crippen LogP contribution >= 0.6 is 0 Å². The zero-order chi connectivity index (χ0) is 21.1. The number of hydrogen-bond donors (Lipinski definition) is 2. The molecule has 3 aliphatic carbocycles. The molecule has 30 heavy (non-hydrogen) atoms. The van der Waals surface area contributed by atoms with Gasteiger partial charge in [-0.15, -0.1) is 0 Å². The molecule has 2 saturated heterocycles. The molecule has 0 atom stereocenters. The van der Waals surface area contributed by atoms with Gasteiger partial charge in [0.15, 0.2) is 0 Å². The van der Waals surface area contributed by atoms with Crippen molar-refractivity contribution in [3.63, 3.8) is 0 Å². The summed E-state index contributed by atoms with van der Waals surface area (Å²) in [4.78, 5) is 24.9. The van der Waals surface area contributed by atoms with Gasteiger partial charge in [-0.2, -0.15) is 0 Å². The Labute approximate surface area is 180 Å². The Balaban J connectivity index is 0.000000235. The number of piperidine rings is 2. The van der Waals surface area contributed by atoms with Crippen LogP contribution in [0.5, 0.6) is 0 Å². The topological polar surface area (TPSA) is 81.1 Å². The molecule has 2 bridgehead atoms. The summed E-state index contributed by atoms with van der Waals surface area (Å²) in [6.45, 7) is 8.63. The number of likely N-dealkylation sites (tertiary alicyclic amines) is 2. The first-order valence-electron chi connectivity index (χ1n) is 12.0. The molecule has 2 aliphatic heterocycles. The Morgan fingerprint density at radius 2 is 1.13 bits per heavy atom. The molecule has 5 fully saturated rings. The van der Waals surface area contributed by atoms with Gasteiger partial charge < -0.3 is 20.0 Å². The van der Waals surface area contributed by atoms with Crippen LogP contribution in [0.2, 0.25) is 0 Å². The first kappa shape index (κ1) is 21.8. The van der Waals surface area contributed by atoms with Crippen molar-refractivity contribution in [2.24, 2.45) is 29.1 Å². The SMILES string of the molecule is C1CCC2(CC1)C1CN(CC3CC3)CC2CN(CC2CC2)C1.O=C(O)/C=C/C(=O)O. The van der Waals surface area contributed by atoms with Crippen molar-refractivity contribution in [1.29, 1.82) is 0 Å². The number of carboxylic acid groups (broad SMARTS) is 2. The summed E-state index contributed by atoms with van der Waals surface area (Å²) < 4.78 is 0. The number of carbonyl (C=O) groups is 2. The molecule has 6 heteroatoms. The van der Waals surface area contributed by atoms with Crippen molar-refractivity contribution >= 4 is 11.9 Å². The minimum Gasteiger partial charge on any atom is -0.478 e. The molecule has 5 aliphatic rings. The molecule has 0 aromatic carbocycles. The van der Waals surface area contributed by atoms with E-state index in [1.165, 1.54) is 84.2 Å². The third-order valence-corrected chi connectivity index (χ3v) is 8.12. The van der Waals surface area contributed by atoms with Gasteiger partial charge in [0.25, 0.3) is 0 Å². The highest BCUT2D eigenvalue weighted by Gasteiger charge is 2.53. The second kappa shape index (κ2) is 9.39. The van der Waals surface area contributed by atoms with E-state index in [1.54, 1.807) is 12.8 Å². The molecule has 2 heterocycles. The fraction of sp³-hybridized carbons (Fsp3) is 0.833. The van der Waals surface area contributed by atoms with Crippen LogP contribution in [0, 0.1) is 29.1 Å². The third-order valence-electron chi connectivity index (χ3n) is 8.12. The lowest BCUT2D eigenvalue weighted by atomic mass is 9.55. The Morgan fingerprint density at radius 3 is 1.47 bits per heavy atom. The summed E-state index contributed by atoms with van der Waals surface area (Å²) in [6.07, 6.45) is 14.9. The average Bonchev–Trinajstić information content (AvgIpc) is 3.60. The number of nitrogens with zero attached hydrogens (tertiary/aromatic N) is 2. The zero-order valence-electron chi connectivity index (χ0n) is 18.2. The van der Waals surface area contributed by atoms with Gasteiger partial charge >= 0.3 is 11.9 Å². The van der Waals surface area contributed by atoms with E-state index in [0.29, 0.717) is 12.2 Å². The largest absolute Gasteiger partial charge is 0.478 e. The average molecular weight is 419 g/mol. The predicted molar refractivity (Wildman–Crippen MR) is 115 cm³/mol. The van der Waals surface area contributed by atoms with E-state index in [9.17, 15) is 9.59 Å². The van der Waals surface area contributed by atoms with Crippen LogP contribution in [0.15, 0.2) is 12.2 Å². The van der Waals surface area contributed by atoms with Crippen molar-refractivity contribution in [2.45, 2.75) is 57.8 Å². The highest BCUT2D eigenvalue weighted by molar-refractivity contribution is 5.89. The van der Waals surface area contributed by atoms with E-state index in [1.807, 2.05) is 0 Å². The molecule has 1 spiro atoms. The molecule has 168 valence electrons. The van der Waals surface area contributed by atoms with E-state index in [-0.39, 0.29) is 0 Å². The minimum absolute atomic E-state index is 0.558. The first-order valence-corrected chi connectivity index (χ1v) is 12.0. The highest BCUT2D eigenvalue weighted by Crippen LogP contribution is 2.54. The van der Waals surface area contributed by atoms with Crippen LogP contribution in [0.3, 0.4) is 0 Å². The van der Waals surface area contributed by atoms with Crippen molar-refractivity contribution < 1.29 is 19.8 Å². The summed E-state index contributed by atoms with van der Waals surface area (Å²) >= 11 is 0. The summed E-state index contributed by atoms with van der Waals surface area (Å²) in [6, 6.07) is 0. The fourth-order valence-corrected chi connectivity index (χ4v) is 6.37. The van der Waals surface area contributed by atoms with Crippen LogP contribution in [-0.2, 0) is 9.59 Å². The van der Waals surface area contributed by atoms with Crippen molar-refractivity contribution in [3.05, 3.63) is 12.2 Å². The van der Waals surface area contributed by atoms with Crippen molar-refractivity contribution in [2.75, 3.05) is 39.3 Å². The highest BCUT2D eigenvalue weighted by atomic mass is 16.4. The second-order valence-electron chi connectivity index (χ2n) is 10.5. The standard InChI is InChI=1S/C20H34N2.C4H4O4/c1-2-8-20(9-3-1)18-12-21(10-16-4-5-16)13-19(20)15-22(14-18)11-17-6-7-17;5-3(6)1-2-4(7)8/h16-19H,1-15H2;1-2H,(H,5,6)(H,7,8)/b;2-1+. The zero-order valence-corrected chi connectivity index (χ0v) is 18.2. The van der Waals surface area contributed by atoms with Gasteiger partial charge in [-0.25, -0.2) is 9.59 Å². The monoisotopic (exact) mass is 418 g/mol. The summed E-state index contributed by atoms with van der Waals surface area (Å²) in [5.41, 5.74) is 0.762. The Morgan fingerprint density at radius 1 is 0.733 bits per heavy atom. The van der Waals surface area contributed by atoms with E-state index < -0.39 is 11.9 Å². The molecular formula is C24H38N2O4. The normalized spacial score (nSPS) is 31.3. The predicted octanol–water partition coefficient (Wildman–Crippen LogP) is 3.33. The molecule has 0 amide bonds. The lowest BCUT2D eigenvalue weighted by Crippen LogP contribution is -2.64. The van der Waals surface area contributed by atoms with E-state index in [4.69, 9.17) is 10.2 Å². The Kier molecular flexibility index (Phi) is 6.83. The first-order chi connectivity index (χ1) is 14.4. The van der Waals surface area contributed by atoms with Crippen LogP contribution in [0.4, 0.5) is 0 Å². The van der Waals surface area contributed by atoms with Gasteiger partial charge in [0.1, 0.15) is 0 Å². The lowest BCUT2D eigenvalue weighted by molar-refractivity contribution is -0.134. The minimum atomic E-state index is -1.26. The fourth-order valence-electron chi connectivity index (χ4n) is 6.37. The third kappa shape index (κ3) is 5.64. The van der Waals surface area contributed by atoms with Crippen molar-refractivity contribution in [3.8, 4) is 0 Å². The maximum Gasteiger partial charge on any atom is 0.328 e. The molecule has 2 N–H and O–H groups in total. The maximum absolute atomic E-state index is 9.55. The number of hydrogen-bond acceptors (Lipinski definition) is 4. The molecule has 0 aromatic rings. The molecule has 5 rings (SSSR count). The van der Waals surface area contributed by atoms with Gasteiger partial charge in [0, 0.05) is 51.4 Å². The van der Waals surface area contributed by atoms with Gasteiger partial charge in [0.2, 0.25) is 0 Å². The Bertz CT molecular complexity index is 590. The molecule has 0 radical (unpaired) electrons. The van der Waals surface area contributed by atoms with Crippen LogP contribution in [0.25, 0.3) is 0 Å². The molecule has 0 aromatic heterocycles. The van der Waals surface area contributed by atoms with Crippen LogP contribution < -0.4 is 0 Å². The summed E-state index contributed by atoms with van der Waals surface area (Å²) in [5.74, 6) is 1.63. The molecular weight excluding hydrogens is 380 g/mol. The summed E-state index contributed by atoms with van der Waals surface area (Å²) in [5, 5.41) is 15.6. The second-order valence-corrected chi connectivity index (χ2v) is 10.5. The quantitative estimate of drug-likeness (QED) is 0.644. The Hall–Kier alpha value is -1.40. The van der Waals surface area contributed by atoms with E-state index >= 15 is 0 Å². The number of rotatable bonds is 6. The van der Waals surface area contributed by atoms with Gasteiger partial charge in [-0.1, -0.05) is 19.3 Å². The van der Waals surface area contributed by atoms with Gasteiger partial charge in [-0.3, -0.25) is 0 Å². The summed E-state index contributed by atoms with van der Waals surface area (Å²) in [7, 11) is 0. The molecule has 6 nitrogen and oxygen atoms in total. The smallest absolute Gasteiger partial charge is 0.328 e. The maximum atomic E-state index is 9.55.